The van der Waals surface area contributed by atoms with Gasteiger partial charge in [-0.05, 0) is 23.9 Å². The van der Waals surface area contributed by atoms with Gasteiger partial charge in [0.25, 0.3) is 5.56 Å². The normalized spacial score (nSPS) is 10.2. The topological polar surface area (TPSA) is 82.2 Å². The van der Waals surface area contributed by atoms with E-state index in [9.17, 15) is 9.59 Å². The fourth-order valence-electron chi connectivity index (χ4n) is 1.61. The van der Waals surface area contributed by atoms with Crippen molar-refractivity contribution in [1.29, 1.82) is 0 Å². The molecule has 0 aliphatic rings. The van der Waals surface area contributed by atoms with Crippen molar-refractivity contribution in [3.8, 4) is 10.4 Å². The molecular formula is C12H12N2O3S. The number of pyridine rings is 1. The Hall–Kier alpha value is -2.08. The van der Waals surface area contributed by atoms with Crippen LogP contribution in [-0.4, -0.2) is 22.7 Å². The third-order valence-corrected chi connectivity index (χ3v) is 3.38. The van der Waals surface area contributed by atoms with Crippen molar-refractivity contribution in [1.82, 2.24) is 10.3 Å². The molecular weight excluding hydrogens is 252 g/mol. The van der Waals surface area contributed by atoms with Gasteiger partial charge in [-0.3, -0.25) is 4.79 Å². The van der Waals surface area contributed by atoms with E-state index in [1.807, 2.05) is 17.5 Å². The van der Waals surface area contributed by atoms with Crippen LogP contribution in [-0.2, 0) is 6.42 Å². The summed E-state index contributed by atoms with van der Waals surface area (Å²) in [6, 6.07) is 5.71. The number of aromatic amines is 1. The summed E-state index contributed by atoms with van der Waals surface area (Å²) in [5.41, 5.74) is 1.34. The molecule has 0 unspecified atom stereocenters. The van der Waals surface area contributed by atoms with Crippen LogP contribution >= 0.6 is 11.3 Å². The highest BCUT2D eigenvalue weighted by Gasteiger charge is 2.05. The summed E-state index contributed by atoms with van der Waals surface area (Å²) < 4.78 is 0. The molecule has 0 atom stereocenters. The third kappa shape index (κ3) is 2.98. The second kappa shape index (κ2) is 5.50. The highest BCUT2D eigenvalue weighted by molar-refractivity contribution is 7.13. The molecule has 18 heavy (non-hydrogen) atoms. The van der Waals surface area contributed by atoms with E-state index in [0.29, 0.717) is 12.0 Å². The van der Waals surface area contributed by atoms with Crippen molar-refractivity contribution in [3.63, 3.8) is 0 Å². The van der Waals surface area contributed by atoms with Crippen LogP contribution in [0.3, 0.4) is 0 Å². The molecule has 0 saturated carbocycles. The van der Waals surface area contributed by atoms with E-state index in [-0.39, 0.29) is 12.1 Å². The van der Waals surface area contributed by atoms with Crippen LogP contribution < -0.4 is 10.9 Å². The lowest BCUT2D eigenvalue weighted by Crippen LogP contribution is -2.25. The Morgan fingerprint density at radius 2 is 2.33 bits per heavy atom. The Labute approximate surface area is 107 Å². The van der Waals surface area contributed by atoms with Gasteiger partial charge >= 0.3 is 6.09 Å². The van der Waals surface area contributed by atoms with Gasteiger partial charge in [0.05, 0.1) is 0 Å². The summed E-state index contributed by atoms with van der Waals surface area (Å²) in [6.07, 6.45) is 0.962. The van der Waals surface area contributed by atoms with Crippen LogP contribution in [0.15, 0.2) is 34.6 Å². The van der Waals surface area contributed by atoms with Crippen molar-refractivity contribution in [2.75, 3.05) is 6.54 Å². The smallest absolute Gasteiger partial charge is 0.404 e. The maximum Gasteiger partial charge on any atom is 0.404 e. The first-order chi connectivity index (χ1) is 8.66. The van der Waals surface area contributed by atoms with Gasteiger partial charge in [0.2, 0.25) is 0 Å². The molecule has 0 bridgehead atoms. The molecule has 2 aromatic rings. The van der Waals surface area contributed by atoms with Crippen molar-refractivity contribution >= 4 is 17.4 Å². The molecule has 0 spiro atoms. The maximum absolute atomic E-state index is 11.6. The summed E-state index contributed by atoms with van der Waals surface area (Å²) in [7, 11) is 0. The average molecular weight is 264 g/mol. The number of hydrogen-bond donors (Lipinski definition) is 3. The second-order valence-electron chi connectivity index (χ2n) is 3.70. The average Bonchev–Trinajstić information content (AvgIpc) is 2.84. The maximum atomic E-state index is 11.6. The number of aromatic nitrogens is 1. The summed E-state index contributed by atoms with van der Waals surface area (Å²) in [5, 5.41) is 12.7. The van der Waals surface area contributed by atoms with Crippen LogP contribution in [0.4, 0.5) is 4.79 Å². The van der Waals surface area contributed by atoms with E-state index in [2.05, 4.69) is 10.3 Å². The number of amides is 1. The molecule has 0 aliphatic heterocycles. The third-order valence-electron chi connectivity index (χ3n) is 2.46. The Balaban J connectivity index is 2.17. The molecule has 94 valence electrons. The molecule has 0 fully saturated rings. The molecule has 2 aromatic heterocycles. The lowest BCUT2D eigenvalue weighted by atomic mass is 10.1. The molecule has 0 aromatic carbocycles. The van der Waals surface area contributed by atoms with Crippen LogP contribution in [0.2, 0.25) is 0 Å². The highest BCUT2D eigenvalue weighted by Crippen LogP contribution is 2.23. The van der Waals surface area contributed by atoms with E-state index < -0.39 is 6.09 Å². The Morgan fingerprint density at radius 1 is 1.50 bits per heavy atom. The number of nitrogens with one attached hydrogen (secondary N) is 2. The van der Waals surface area contributed by atoms with Gasteiger partial charge in [-0.1, -0.05) is 6.07 Å². The molecule has 5 nitrogen and oxygen atoms in total. The number of H-pyrrole nitrogens is 1. The van der Waals surface area contributed by atoms with Crippen LogP contribution in [0.25, 0.3) is 10.4 Å². The van der Waals surface area contributed by atoms with E-state index >= 15 is 0 Å². The largest absolute Gasteiger partial charge is 0.465 e. The molecule has 6 heteroatoms. The standard InChI is InChI=1S/C12H12N2O3S/c15-11-8(3-4-13-12(16)17)6-9(7-14-11)10-2-1-5-18-10/h1-2,5-7,13H,3-4H2,(H,14,15)(H,16,17). The number of thiophene rings is 1. The summed E-state index contributed by atoms with van der Waals surface area (Å²) in [5.74, 6) is 0. The Kier molecular flexibility index (Phi) is 3.78. The quantitative estimate of drug-likeness (QED) is 0.789. The van der Waals surface area contributed by atoms with Crippen molar-refractivity contribution in [3.05, 3.63) is 45.7 Å². The summed E-state index contributed by atoms with van der Waals surface area (Å²) in [6.45, 7) is 0.228. The molecule has 0 saturated heterocycles. The molecule has 0 aliphatic carbocycles. The number of hydrogen-bond acceptors (Lipinski definition) is 3. The first-order valence-electron chi connectivity index (χ1n) is 5.39. The minimum Gasteiger partial charge on any atom is -0.465 e. The Morgan fingerprint density at radius 3 is 3.00 bits per heavy atom. The molecule has 1 amide bonds. The van der Waals surface area contributed by atoms with E-state index in [4.69, 9.17) is 5.11 Å². The predicted molar refractivity (Wildman–Crippen MR) is 70.1 cm³/mol. The predicted octanol–water partition coefficient (Wildman–Crippen LogP) is 1.91. The highest BCUT2D eigenvalue weighted by atomic mass is 32.1. The monoisotopic (exact) mass is 264 g/mol. The van der Waals surface area contributed by atoms with Crippen molar-refractivity contribution in [2.24, 2.45) is 0 Å². The lowest BCUT2D eigenvalue weighted by molar-refractivity contribution is 0.194. The van der Waals surface area contributed by atoms with Crippen LogP contribution in [0.1, 0.15) is 5.56 Å². The zero-order valence-corrected chi connectivity index (χ0v) is 10.3. The fourth-order valence-corrected chi connectivity index (χ4v) is 2.32. The van der Waals surface area contributed by atoms with E-state index in [1.165, 1.54) is 0 Å². The van der Waals surface area contributed by atoms with E-state index in [0.717, 1.165) is 10.4 Å². The van der Waals surface area contributed by atoms with Crippen molar-refractivity contribution in [2.45, 2.75) is 6.42 Å². The SMILES string of the molecule is O=C(O)NCCc1cc(-c2cccs2)c[nH]c1=O. The van der Waals surface area contributed by atoms with Gasteiger partial charge in [-0.15, -0.1) is 11.3 Å². The zero-order valence-electron chi connectivity index (χ0n) is 9.47. The van der Waals surface area contributed by atoms with Gasteiger partial charge in [0.1, 0.15) is 0 Å². The number of carbonyl (C=O) groups is 1. The molecule has 3 N–H and O–H groups in total. The minimum absolute atomic E-state index is 0.178. The summed E-state index contributed by atoms with van der Waals surface area (Å²) in [4.78, 5) is 25.7. The zero-order chi connectivity index (χ0) is 13.0. The lowest BCUT2D eigenvalue weighted by Gasteiger charge is -2.03. The van der Waals surface area contributed by atoms with Crippen LogP contribution in [0, 0.1) is 0 Å². The Bertz CT molecular complexity index is 590. The van der Waals surface area contributed by atoms with Gasteiger partial charge in [-0.2, -0.15) is 0 Å². The molecule has 0 radical (unpaired) electrons. The molecule has 2 heterocycles. The summed E-state index contributed by atoms with van der Waals surface area (Å²) >= 11 is 1.59. The molecule has 2 rings (SSSR count). The van der Waals surface area contributed by atoms with Gasteiger partial charge in [0.15, 0.2) is 0 Å². The van der Waals surface area contributed by atoms with Gasteiger partial charge in [0, 0.05) is 28.7 Å². The number of rotatable bonds is 4. The first-order valence-corrected chi connectivity index (χ1v) is 6.27. The van der Waals surface area contributed by atoms with Crippen LogP contribution in [0.5, 0.6) is 0 Å². The minimum atomic E-state index is -1.08. The first kappa shape index (κ1) is 12.4. The number of carboxylic acid groups (broad SMARTS) is 1. The van der Waals surface area contributed by atoms with Gasteiger partial charge < -0.3 is 15.4 Å². The fraction of sp³-hybridized carbons (Fsp3) is 0.167. The van der Waals surface area contributed by atoms with E-state index in [1.54, 1.807) is 23.6 Å². The van der Waals surface area contributed by atoms with Gasteiger partial charge in [-0.25, -0.2) is 4.79 Å². The second-order valence-corrected chi connectivity index (χ2v) is 4.65. The van der Waals surface area contributed by atoms with Crippen molar-refractivity contribution < 1.29 is 9.90 Å².